The van der Waals surface area contributed by atoms with Crippen LogP contribution < -0.4 is 10.6 Å². The molecule has 116 valence electrons. The van der Waals surface area contributed by atoms with E-state index in [0.29, 0.717) is 6.54 Å². The van der Waals surface area contributed by atoms with Crippen molar-refractivity contribution in [2.75, 3.05) is 5.32 Å². The van der Waals surface area contributed by atoms with Crippen molar-refractivity contribution in [1.82, 2.24) is 5.32 Å². The van der Waals surface area contributed by atoms with Gasteiger partial charge in [0.2, 0.25) is 11.8 Å². The van der Waals surface area contributed by atoms with E-state index >= 15 is 0 Å². The van der Waals surface area contributed by atoms with E-state index in [0.717, 1.165) is 15.5 Å². The van der Waals surface area contributed by atoms with Crippen LogP contribution in [0.3, 0.4) is 0 Å². The van der Waals surface area contributed by atoms with Crippen LogP contribution in [-0.2, 0) is 16.1 Å². The van der Waals surface area contributed by atoms with Gasteiger partial charge in [-0.25, -0.2) is 0 Å². The molecule has 0 saturated carbocycles. The number of thiophene rings is 1. The van der Waals surface area contributed by atoms with Gasteiger partial charge in [-0.3, -0.25) is 9.59 Å². The van der Waals surface area contributed by atoms with Crippen LogP contribution in [0.5, 0.6) is 0 Å². The molecule has 0 spiro atoms. The third kappa shape index (κ3) is 5.20. The molecule has 1 aromatic heterocycles. The van der Waals surface area contributed by atoms with Crippen molar-refractivity contribution in [1.29, 1.82) is 0 Å². The Kier molecular flexibility index (Phi) is 6.03. The maximum atomic E-state index is 12.1. The lowest BCUT2D eigenvalue weighted by molar-refractivity contribution is -0.120. The van der Waals surface area contributed by atoms with E-state index in [4.69, 9.17) is 0 Å². The van der Waals surface area contributed by atoms with E-state index < -0.39 is 0 Å². The highest BCUT2D eigenvalue weighted by Crippen LogP contribution is 2.25. The molecule has 0 aliphatic heterocycles. The van der Waals surface area contributed by atoms with Crippen LogP contribution in [0, 0.1) is 0 Å². The van der Waals surface area contributed by atoms with Crippen molar-refractivity contribution < 1.29 is 9.59 Å². The molecular formula is C16H18N2O2S2. The summed E-state index contributed by atoms with van der Waals surface area (Å²) in [7, 11) is 0. The highest BCUT2D eigenvalue weighted by molar-refractivity contribution is 8.00. The van der Waals surface area contributed by atoms with Crippen molar-refractivity contribution >= 4 is 40.6 Å². The van der Waals surface area contributed by atoms with Gasteiger partial charge in [-0.05, 0) is 42.6 Å². The molecule has 0 saturated heterocycles. The molecule has 6 heteroatoms. The molecule has 2 N–H and O–H groups in total. The molecule has 0 unspecified atom stereocenters. The smallest absolute Gasteiger partial charge is 0.233 e. The van der Waals surface area contributed by atoms with Crippen LogP contribution in [0.4, 0.5) is 5.69 Å². The predicted octanol–water partition coefficient (Wildman–Crippen LogP) is 3.50. The van der Waals surface area contributed by atoms with Crippen molar-refractivity contribution in [2.24, 2.45) is 0 Å². The lowest BCUT2D eigenvalue weighted by Gasteiger charge is -2.12. The number of hydrogen-bond donors (Lipinski definition) is 2. The Hall–Kier alpha value is -1.79. The Morgan fingerprint density at radius 2 is 1.95 bits per heavy atom. The molecule has 0 aliphatic carbocycles. The monoisotopic (exact) mass is 334 g/mol. The Bertz CT molecular complexity index is 624. The fraction of sp³-hybridized carbons (Fsp3) is 0.250. The van der Waals surface area contributed by atoms with Crippen LogP contribution in [-0.4, -0.2) is 17.1 Å². The number of rotatable bonds is 6. The minimum Gasteiger partial charge on any atom is -0.350 e. The molecule has 0 bridgehead atoms. The fourth-order valence-electron chi connectivity index (χ4n) is 1.81. The standard InChI is InChI=1S/C16H18N2O2S2/c1-11(16(20)17-10-15-4-3-9-21-15)22-14-7-5-13(6-8-14)18-12(2)19/h3-9,11H,10H2,1-2H3,(H,17,20)(H,18,19)/t11-/m1/s1. The number of carbonyl (C=O) groups excluding carboxylic acids is 2. The highest BCUT2D eigenvalue weighted by Gasteiger charge is 2.14. The SMILES string of the molecule is CC(=O)Nc1ccc(S[C@H](C)C(=O)NCc2cccs2)cc1. The van der Waals surface area contributed by atoms with Crippen LogP contribution in [0.25, 0.3) is 0 Å². The second kappa shape index (κ2) is 8.00. The van der Waals surface area contributed by atoms with Gasteiger partial charge in [0.15, 0.2) is 0 Å². The molecule has 0 radical (unpaired) electrons. The first-order chi connectivity index (χ1) is 10.5. The Labute approximate surface area is 138 Å². The average molecular weight is 334 g/mol. The summed E-state index contributed by atoms with van der Waals surface area (Å²) < 4.78 is 0. The Morgan fingerprint density at radius 1 is 1.23 bits per heavy atom. The number of carbonyl (C=O) groups is 2. The minimum atomic E-state index is -0.174. The maximum absolute atomic E-state index is 12.1. The van der Waals surface area contributed by atoms with Gasteiger partial charge in [0.05, 0.1) is 11.8 Å². The normalized spacial score (nSPS) is 11.7. The van der Waals surface area contributed by atoms with Crippen LogP contribution in [0.1, 0.15) is 18.7 Å². The van der Waals surface area contributed by atoms with Crippen LogP contribution >= 0.6 is 23.1 Å². The fourth-order valence-corrected chi connectivity index (χ4v) is 3.35. The van der Waals surface area contributed by atoms with Gasteiger partial charge >= 0.3 is 0 Å². The van der Waals surface area contributed by atoms with E-state index in [2.05, 4.69) is 10.6 Å². The third-order valence-corrected chi connectivity index (χ3v) is 4.86. The summed E-state index contributed by atoms with van der Waals surface area (Å²) in [5.41, 5.74) is 0.756. The van der Waals surface area contributed by atoms with Crippen molar-refractivity contribution in [3.63, 3.8) is 0 Å². The lowest BCUT2D eigenvalue weighted by atomic mass is 10.3. The zero-order valence-corrected chi connectivity index (χ0v) is 14.1. The van der Waals surface area contributed by atoms with Crippen molar-refractivity contribution in [3.8, 4) is 0 Å². The zero-order chi connectivity index (χ0) is 15.9. The number of hydrogen-bond acceptors (Lipinski definition) is 4. The Morgan fingerprint density at radius 3 is 2.55 bits per heavy atom. The molecule has 2 amide bonds. The predicted molar refractivity (Wildman–Crippen MR) is 92.2 cm³/mol. The molecule has 1 atom stereocenters. The summed E-state index contributed by atoms with van der Waals surface area (Å²) >= 11 is 3.13. The van der Waals surface area contributed by atoms with Gasteiger partial charge in [-0.2, -0.15) is 0 Å². The summed E-state index contributed by atoms with van der Waals surface area (Å²) in [5, 5.41) is 7.48. The van der Waals surface area contributed by atoms with Crippen molar-refractivity contribution in [3.05, 3.63) is 46.7 Å². The quantitative estimate of drug-likeness (QED) is 0.795. The van der Waals surface area contributed by atoms with Gasteiger partial charge in [-0.1, -0.05) is 6.07 Å². The second-order valence-electron chi connectivity index (χ2n) is 4.76. The Balaban J connectivity index is 1.83. The zero-order valence-electron chi connectivity index (χ0n) is 12.5. The first-order valence-corrected chi connectivity index (χ1v) is 8.65. The molecule has 2 aromatic rings. The summed E-state index contributed by atoms with van der Waals surface area (Å²) in [6.45, 7) is 3.93. The van der Waals surface area contributed by atoms with Crippen molar-refractivity contribution in [2.45, 2.75) is 30.5 Å². The average Bonchev–Trinajstić information content (AvgIpc) is 2.99. The van der Waals surface area contributed by atoms with Gasteiger partial charge in [-0.15, -0.1) is 23.1 Å². The summed E-state index contributed by atoms with van der Waals surface area (Å²) in [4.78, 5) is 25.2. The topological polar surface area (TPSA) is 58.2 Å². The summed E-state index contributed by atoms with van der Waals surface area (Å²) in [6.07, 6.45) is 0. The molecule has 1 heterocycles. The van der Waals surface area contributed by atoms with Gasteiger partial charge in [0.25, 0.3) is 0 Å². The molecule has 4 nitrogen and oxygen atoms in total. The van der Waals surface area contributed by atoms with Crippen LogP contribution in [0.15, 0.2) is 46.7 Å². The van der Waals surface area contributed by atoms with E-state index in [1.807, 2.05) is 48.7 Å². The number of anilines is 1. The van der Waals surface area contributed by atoms with Gasteiger partial charge in [0.1, 0.15) is 0 Å². The number of nitrogens with one attached hydrogen (secondary N) is 2. The molecule has 0 aliphatic rings. The van der Waals surface area contributed by atoms with E-state index in [-0.39, 0.29) is 17.1 Å². The second-order valence-corrected chi connectivity index (χ2v) is 7.21. The minimum absolute atomic E-state index is 0.0179. The maximum Gasteiger partial charge on any atom is 0.233 e. The number of benzene rings is 1. The molecular weight excluding hydrogens is 316 g/mol. The van der Waals surface area contributed by atoms with Gasteiger partial charge in [0, 0.05) is 22.4 Å². The first kappa shape index (κ1) is 16.6. The molecule has 2 rings (SSSR count). The molecule has 1 aromatic carbocycles. The molecule has 22 heavy (non-hydrogen) atoms. The summed E-state index contributed by atoms with van der Waals surface area (Å²) in [5.74, 6) is -0.0777. The van der Waals surface area contributed by atoms with E-state index in [1.54, 1.807) is 11.3 Å². The molecule has 0 fully saturated rings. The largest absolute Gasteiger partial charge is 0.350 e. The first-order valence-electron chi connectivity index (χ1n) is 6.89. The van der Waals surface area contributed by atoms with E-state index in [1.165, 1.54) is 18.7 Å². The van der Waals surface area contributed by atoms with Gasteiger partial charge < -0.3 is 10.6 Å². The third-order valence-electron chi connectivity index (χ3n) is 2.87. The number of thioether (sulfide) groups is 1. The van der Waals surface area contributed by atoms with Crippen LogP contribution in [0.2, 0.25) is 0 Å². The summed E-state index contributed by atoms with van der Waals surface area (Å²) in [6, 6.07) is 11.4. The number of amides is 2. The van der Waals surface area contributed by atoms with E-state index in [9.17, 15) is 9.59 Å². The highest BCUT2D eigenvalue weighted by atomic mass is 32.2. The lowest BCUT2D eigenvalue weighted by Crippen LogP contribution is -2.30.